The Hall–Kier alpha value is -4.81. The Labute approximate surface area is 332 Å². The van der Waals surface area contributed by atoms with Crippen LogP contribution >= 0.6 is 0 Å². The molecule has 1 heterocycles. The fraction of sp³-hybridized carbons (Fsp3) is 0.361. The van der Waals surface area contributed by atoms with Gasteiger partial charge >= 0.3 is 65.5 Å². The van der Waals surface area contributed by atoms with Crippen molar-refractivity contribution < 1.29 is 60.2 Å². The van der Waals surface area contributed by atoms with E-state index in [4.69, 9.17) is 4.74 Å². The predicted octanol–water partition coefficient (Wildman–Crippen LogP) is 6.13. The summed E-state index contributed by atoms with van der Waals surface area (Å²) in [5.41, 5.74) is -4.37. The van der Waals surface area contributed by atoms with Crippen LogP contribution in [0.1, 0.15) is 48.4 Å². The average Bonchev–Trinajstić information content (AvgIpc) is 3.88. The third kappa shape index (κ3) is 9.02. The molecule has 4 N–H and O–H groups in total. The fourth-order valence-corrected chi connectivity index (χ4v) is 6.31. The van der Waals surface area contributed by atoms with E-state index in [-0.39, 0.29) is 57.0 Å². The van der Waals surface area contributed by atoms with E-state index < -0.39 is 90.0 Å². The number of ether oxygens (including phenoxy) is 1. The number of imide groups is 1. The molecule has 1 aliphatic carbocycles. The number of amides is 6. The van der Waals surface area contributed by atoms with Crippen LogP contribution < -0.4 is 20.7 Å². The molecule has 2 aliphatic rings. The summed E-state index contributed by atoms with van der Waals surface area (Å²) < 4.78 is 94.8. The molecule has 12 nitrogen and oxygen atoms in total. The van der Waals surface area contributed by atoms with Crippen LogP contribution in [0, 0.1) is 12.8 Å². The number of rotatable bonds is 13. The summed E-state index contributed by atoms with van der Waals surface area (Å²) in [5.74, 6) is -6.04. The number of carbonyl (C=O) groups is 5. The molecule has 2 atom stereocenters. The van der Waals surface area contributed by atoms with Gasteiger partial charge in [0.15, 0.2) is 0 Å². The molecular weight excluding hydrogens is 751 g/mol. The number of nitrogens with zero attached hydrogens (tertiary/aromatic N) is 2. The van der Waals surface area contributed by atoms with Crippen molar-refractivity contribution in [2.75, 3.05) is 17.7 Å². The number of nitrogens with one attached hydrogen (secondary N) is 3. The van der Waals surface area contributed by atoms with Crippen LogP contribution in [0.15, 0.2) is 72.8 Å². The number of para-hydroxylation sites is 1. The second kappa shape index (κ2) is 16.9. The molecule has 0 radical (unpaired) electrons. The van der Waals surface area contributed by atoms with E-state index in [1.807, 2.05) is 0 Å². The first-order valence-corrected chi connectivity index (χ1v) is 16.5. The summed E-state index contributed by atoms with van der Waals surface area (Å²) in [6, 6.07) is 11.2. The normalized spacial score (nSPS) is 16.5. The minimum absolute atomic E-state index is 0. The SMILES string of the molecule is COc1cc(CN2C(=O)N([C@@H](CC3CC3)C(=O)N[C@@H](CC(=O)O)c3ccccc3)C(=O)C2(C(F)(F)F)C(F)(F)F)ccc1NC(=O)Nc1ccccc1C.[NaH]. The van der Waals surface area contributed by atoms with Gasteiger partial charge in [-0.15, -0.1) is 0 Å². The van der Waals surface area contributed by atoms with Crippen LogP contribution in [0.25, 0.3) is 0 Å². The van der Waals surface area contributed by atoms with Crippen molar-refractivity contribution in [1.82, 2.24) is 15.1 Å². The molecule has 5 rings (SSSR count). The van der Waals surface area contributed by atoms with Crippen LogP contribution in [0.3, 0.4) is 0 Å². The molecule has 19 heteroatoms. The Bertz CT molecular complexity index is 1910. The van der Waals surface area contributed by atoms with Crippen LogP contribution in [0.5, 0.6) is 5.75 Å². The van der Waals surface area contributed by atoms with Gasteiger partial charge in [-0.05, 0) is 54.2 Å². The third-order valence-electron chi connectivity index (χ3n) is 9.20. The molecule has 2 fully saturated rings. The van der Waals surface area contributed by atoms with Crippen LogP contribution in [-0.4, -0.2) is 105 Å². The van der Waals surface area contributed by atoms with Gasteiger partial charge in [0, 0.05) is 12.2 Å². The average molecular weight is 788 g/mol. The number of hydrogen-bond donors (Lipinski definition) is 4. The molecule has 6 amide bonds. The van der Waals surface area contributed by atoms with E-state index in [1.54, 1.807) is 37.3 Å². The summed E-state index contributed by atoms with van der Waals surface area (Å²) >= 11 is 0. The first-order chi connectivity index (χ1) is 25.4. The molecule has 55 heavy (non-hydrogen) atoms. The Morgan fingerprint density at radius 2 is 1.51 bits per heavy atom. The molecule has 0 spiro atoms. The Morgan fingerprint density at radius 3 is 2.07 bits per heavy atom. The van der Waals surface area contributed by atoms with Crippen molar-refractivity contribution in [3.05, 3.63) is 89.5 Å². The van der Waals surface area contributed by atoms with Gasteiger partial charge in [-0.3, -0.25) is 19.3 Å². The quantitative estimate of drug-likeness (QED) is 0.0923. The Balaban J connectivity index is 0.00000673. The molecule has 1 aliphatic heterocycles. The summed E-state index contributed by atoms with van der Waals surface area (Å²) in [6.45, 7) is 0.301. The van der Waals surface area contributed by atoms with Crippen molar-refractivity contribution in [1.29, 1.82) is 0 Å². The zero-order valence-electron chi connectivity index (χ0n) is 28.8. The topological polar surface area (TPSA) is 157 Å². The second-order valence-electron chi connectivity index (χ2n) is 12.9. The van der Waals surface area contributed by atoms with E-state index in [9.17, 15) is 55.4 Å². The molecule has 1 saturated heterocycles. The van der Waals surface area contributed by atoms with Crippen LogP contribution in [0.2, 0.25) is 0 Å². The van der Waals surface area contributed by atoms with Crippen molar-refractivity contribution in [3.8, 4) is 5.75 Å². The van der Waals surface area contributed by atoms with Gasteiger partial charge in [0.2, 0.25) is 5.91 Å². The molecule has 1 saturated carbocycles. The summed E-state index contributed by atoms with van der Waals surface area (Å²) in [6.07, 6.45) is -13.2. The number of halogens is 6. The fourth-order valence-electron chi connectivity index (χ4n) is 6.31. The van der Waals surface area contributed by atoms with Gasteiger partial charge in [0.25, 0.3) is 5.91 Å². The van der Waals surface area contributed by atoms with Crippen molar-refractivity contribution in [3.63, 3.8) is 0 Å². The van der Waals surface area contributed by atoms with Gasteiger partial charge < -0.3 is 25.8 Å². The van der Waals surface area contributed by atoms with Crippen molar-refractivity contribution in [2.45, 2.75) is 69.1 Å². The molecule has 0 aromatic heterocycles. The minimum atomic E-state index is -6.43. The molecular formula is C36H36F6N5NaO7. The number of carboxylic acid groups (broad SMARTS) is 1. The van der Waals surface area contributed by atoms with Gasteiger partial charge in [-0.1, -0.05) is 67.4 Å². The molecule has 290 valence electrons. The van der Waals surface area contributed by atoms with Crippen molar-refractivity contribution >= 4 is 70.8 Å². The molecule has 3 aromatic carbocycles. The Morgan fingerprint density at radius 1 is 0.909 bits per heavy atom. The maximum absolute atomic E-state index is 14.9. The number of carboxylic acids is 1. The number of anilines is 2. The number of hydrogen-bond acceptors (Lipinski definition) is 6. The maximum atomic E-state index is 14.9. The number of methoxy groups -OCH3 is 1. The van der Waals surface area contributed by atoms with Gasteiger partial charge in [0.05, 0.1) is 25.3 Å². The van der Waals surface area contributed by atoms with Crippen molar-refractivity contribution in [2.24, 2.45) is 5.92 Å². The van der Waals surface area contributed by atoms with Gasteiger partial charge in [0.1, 0.15) is 11.8 Å². The van der Waals surface area contributed by atoms with E-state index in [0.29, 0.717) is 18.5 Å². The second-order valence-corrected chi connectivity index (χ2v) is 12.9. The zero-order valence-corrected chi connectivity index (χ0v) is 28.8. The number of alkyl halides is 6. The molecule has 3 aromatic rings. The number of aryl methyl sites for hydroxylation is 1. The number of aliphatic carboxylic acids is 1. The van der Waals surface area contributed by atoms with E-state index in [2.05, 4.69) is 16.0 Å². The van der Waals surface area contributed by atoms with Crippen LogP contribution in [-0.2, 0) is 20.9 Å². The number of carbonyl (C=O) groups excluding carboxylic acids is 4. The number of benzene rings is 3. The van der Waals surface area contributed by atoms with E-state index >= 15 is 0 Å². The molecule has 0 unspecified atom stereocenters. The predicted molar refractivity (Wildman–Crippen MR) is 187 cm³/mol. The zero-order chi connectivity index (χ0) is 39.6. The molecule has 0 bridgehead atoms. The monoisotopic (exact) mass is 787 g/mol. The van der Waals surface area contributed by atoms with E-state index in [1.165, 1.54) is 24.3 Å². The standard InChI is InChI=1S/C36H35F6N5O7.Na.H/c1-20-8-6-7-11-24(20)44-32(52)45-25-15-14-22(17-28(25)54-2)19-46-33(53)47(31(51)34(46,35(37,38)39)36(40,41)42)27(16-21-12-13-21)30(50)43-26(18-29(48)49)23-9-4-3-5-10-23;;/h3-11,14-15,17,21,26-27H,12-13,16,18-19H2,1-2H3,(H,43,50)(H,48,49)(H2,44,45,52);;/t26-,27-;;/m0../s1. The number of urea groups is 2. The third-order valence-corrected chi connectivity index (χ3v) is 9.20. The Kier molecular flexibility index (Phi) is 13.2. The van der Waals surface area contributed by atoms with E-state index in [0.717, 1.165) is 30.9 Å². The van der Waals surface area contributed by atoms with Gasteiger partial charge in [-0.25, -0.2) is 14.5 Å². The van der Waals surface area contributed by atoms with Crippen LogP contribution in [0.4, 0.5) is 47.3 Å². The summed E-state index contributed by atoms with van der Waals surface area (Å²) in [5, 5.41) is 16.9. The summed E-state index contributed by atoms with van der Waals surface area (Å²) in [4.78, 5) is 64.9. The first kappa shape index (κ1) is 42.9. The first-order valence-electron chi connectivity index (χ1n) is 16.5. The van der Waals surface area contributed by atoms with Gasteiger partial charge in [-0.2, -0.15) is 26.3 Å². The summed E-state index contributed by atoms with van der Waals surface area (Å²) in [7, 11) is 1.12.